The lowest BCUT2D eigenvalue weighted by molar-refractivity contribution is 0.543. The number of fused-ring (bicyclic) bond motifs is 1. The number of hydrazone groups is 1. The van der Waals surface area contributed by atoms with Gasteiger partial charge in [0.2, 0.25) is 5.71 Å². The van der Waals surface area contributed by atoms with Crippen molar-refractivity contribution in [1.29, 1.82) is 10.5 Å². The minimum absolute atomic E-state index is 0.155. The number of nitrogens with zero attached hydrogens (tertiary/aromatic N) is 5. The first-order valence-corrected chi connectivity index (χ1v) is 5.84. The van der Waals surface area contributed by atoms with Crippen molar-refractivity contribution in [3.05, 3.63) is 38.9 Å². The highest BCUT2D eigenvalue weighted by atomic mass is 16.2. The first-order valence-electron chi connectivity index (χ1n) is 5.84. The van der Waals surface area contributed by atoms with Crippen molar-refractivity contribution in [2.24, 2.45) is 19.2 Å². The zero-order valence-corrected chi connectivity index (χ0v) is 11.3. The van der Waals surface area contributed by atoms with Gasteiger partial charge in [-0.3, -0.25) is 24.4 Å². The summed E-state index contributed by atoms with van der Waals surface area (Å²) in [6.07, 6.45) is 0. The molecule has 0 amide bonds. The number of aromatic nitrogens is 2. The van der Waals surface area contributed by atoms with Crippen LogP contribution in [0.25, 0.3) is 10.8 Å². The minimum atomic E-state index is -0.388. The van der Waals surface area contributed by atoms with Crippen LogP contribution in [0.4, 0.5) is 5.69 Å². The van der Waals surface area contributed by atoms with Crippen LogP contribution < -0.4 is 16.5 Å². The number of hydrogen-bond acceptors (Lipinski definition) is 6. The maximum atomic E-state index is 12.3. The van der Waals surface area contributed by atoms with Crippen molar-refractivity contribution in [3.8, 4) is 12.1 Å². The standard InChI is InChI=1S/C13H10N6O2/c1-18-12(20)9-4-3-5-10(11(9)13(21)19(18)2)17-16-8(6-14)7-15/h3-5,17H,1-2H3. The Labute approximate surface area is 118 Å². The van der Waals surface area contributed by atoms with Gasteiger partial charge < -0.3 is 0 Å². The van der Waals surface area contributed by atoms with E-state index < -0.39 is 0 Å². The average molecular weight is 282 g/mol. The van der Waals surface area contributed by atoms with E-state index in [2.05, 4.69) is 10.5 Å². The molecule has 2 rings (SSSR count). The number of nitrogens with one attached hydrogen (secondary N) is 1. The third-order valence-corrected chi connectivity index (χ3v) is 3.05. The summed E-state index contributed by atoms with van der Waals surface area (Å²) in [5, 5.41) is 21.2. The summed E-state index contributed by atoms with van der Waals surface area (Å²) in [6.45, 7) is 0. The normalized spacial score (nSPS) is 9.71. The van der Waals surface area contributed by atoms with Crippen molar-refractivity contribution in [3.63, 3.8) is 0 Å². The van der Waals surface area contributed by atoms with Crippen LogP contribution in [0.5, 0.6) is 0 Å². The van der Waals surface area contributed by atoms with Crippen molar-refractivity contribution >= 4 is 22.2 Å². The predicted octanol–water partition coefficient (Wildman–Crippen LogP) is 0.0523. The van der Waals surface area contributed by atoms with Crippen molar-refractivity contribution in [2.45, 2.75) is 0 Å². The minimum Gasteiger partial charge on any atom is -0.276 e. The Morgan fingerprint density at radius 3 is 2.38 bits per heavy atom. The fourth-order valence-electron chi connectivity index (χ4n) is 1.85. The lowest BCUT2D eigenvalue weighted by Gasteiger charge is -2.10. The second-order valence-electron chi connectivity index (χ2n) is 4.18. The van der Waals surface area contributed by atoms with E-state index in [9.17, 15) is 9.59 Å². The fraction of sp³-hybridized carbons (Fsp3) is 0.154. The van der Waals surface area contributed by atoms with Gasteiger partial charge in [0.05, 0.1) is 16.5 Å². The third kappa shape index (κ3) is 2.26. The van der Waals surface area contributed by atoms with Crippen molar-refractivity contribution in [1.82, 2.24) is 9.36 Å². The van der Waals surface area contributed by atoms with Crippen LogP contribution in [0.2, 0.25) is 0 Å². The summed E-state index contributed by atoms with van der Waals surface area (Å²) in [5.74, 6) is 0. The first-order chi connectivity index (χ1) is 10.0. The average Bonchev–Trinajstić information content (AvgIpc) is 2.51. The molecular weight excluding hydrogens is 272 g/mol. The molecular formula is C13H10N6O2. The molecule has 0 bridgehead atoms. The Morgan fingerprint density at radius 1 is 1.14 bits per heavy atom. The van der Waals surface area contributed by atoms with Crippen LogP contribution in [0.3, 0.4) is 0 Å². The van der Waals surface area contributed by atoms with Gasteiger partial charge in [-0.05, 0) is 12.1 Å². The zero-order valence-electron chi connectivity index (χ0n) is 11.3. The van der Waals surface area contributed by atoms with Gasteiger partial charge in [0.25, 0.3) is 11.1 Å². The van der Waals surface area contributed by atoms with E-state index in [1.54, 1.807) is 24.3 Å². The van der Waals surface area contributed by atoms with Crippen molar-refractivity contribution in [2.75, 3.05) is 5.43 Å². The van der Waals surface area contributed by atoms with Gasteiger partial charge in [-0.1, -0.05) is 6.07 Å². The number of nitriles is 2. The van der Waals surface area contributed by atoms with Gasteiger partial charge in [0.15, 0.2) is 0 Å². The van der Waals surface area contributed by atoms with Gasteiger partial charge in [0.1, 0.15) is 12.1 Å². The molecule has 0 atom stereocenters. The second-order valence-corrected chi connectivity index (χ2v) is 4.18. The van der Waals surface area contributed by atoms with Crippen LogP contribution >= 0.6 is 0 Å². The van der Waals surface area contributed by atoms with Crippen LogP contribution in [0, 0.1) is 22.7 Å². The largest absolute Gasteiger partial charge is 0.276 e. The fourth-order valence-corrected chi connectivity index (χ4v) is 1.85. The molecule has 1 aromatic heterocycles. The molecule has 8 nitrogen and oxygen atoms in total. The summed E-state index contributed by atoms with van der Waals surface area (Å²) in [5.41, 5.74) is 1.64. The molecule has 0 aliphatic rings. The summed E-state index contributed by atoms with van der Waals surface area (Å²) >= 11 is 0. The molecule has 1 aromatic carbocycles. The molecule has 1 N–H and O–H groups in total. The molecule has 0 unspecified atom stereocenters. The molecule has 0 aliphatic heterocycles. The number of benzene rings is 1. The van der Waals surface area contributed by atoms with Gasteiger partial charge in [0, 0.05) is 14.1 Å². The lowest BCUT2D eigenvalue weighted by Crippen LogP contribution is -2.35. The molecule has 0 aliphatic carbocycles. The Hall–Kier alpha value is -3.39. The molecule has 0 saturated carbocycles. The highest BCUT2D eigenvalue weighted by molar-refractivity contribution is 6.10. The zero-order chi connectivity index (χ0) is 15.6. The number of rotatable bonds is 2. The predicted molar refractivity (Wildman–Crippen MR) is 76.7 cm³/mol. The van der Waals surface area contributed by atoms with Crippen LogP contribution in [-0.4, -0.2) is 15.1 Å². The van der Waals surface area contributed by atoms with E-state index in [0.29, 0.717) is 0 Å². The Balaban J connectivity index is 2.77. The monoisotopic (exact) mass is 282 g/mol. The number of hydrogen-bond donors (Lipinski definition) is 1. The second kappa shape index (κ2) is 5.31. The molecule has 0 spiro atoms. The van der Waals surface area contributed by atoms with E-state index >= 15 is 0 Å². The SMILES string of the molecule is Cn1c(=O)c2cccc(NN=C(C#N)C#N)c2c(=O)n1C. The molecule has 21 heavy (non-hydrogen) atoms. The Bertz CT molecular complexity index is 936. The molecule has 1 heterocycles. The van der Waals surface area contributed by atoms with E-state index in [-0.39, 0.29) is 33.3 Å². The highest BCUT2D eigenvalue weighted by Gasteiger charge is 2.12. The van der Waals surface area contributed by atoms with Crippen LogP contribution in [-0.2, 0) is 14.1 Å². The third-order valence-electron chi connectivity index (χ3n) is 3.05. The maximum absolute atomic E-state index is 12.3. The smallest absolute Gasteiger partial charge is 0.275 e. The van der Waals surface area contributed by atoms with Crippen molar-refractivity contribution < 1.29 is 0 Å². The van der Waals surface area contributed by atoms with E-state index in [1.165, 1.54) is 29.5 Å². The maximum Gasteiger partial charge on any atom is 0.275 e. The van der Waals surface area contributed by atoms with Gasteiger partial charge in [-0.2, -0.15) is 15.6 Å². The lowest BCUT2D eigenvalue weighted by atomic mass is 10.1. The highest BCUT2D eigenvalue weighted by Crippen LogP contribution is 2.17. The topological polar surface area (TPSA) is 116 Å². The summed E-state index contributed by atoms with van der Waals surface area (Å²) in [7, 11) is 2.96. The molecule has 104 valence electrons. The van der Waals surface area contributed by atoms with Crippen LogP contribution in [0.1, 0.15) is 0 Å². The molecule has 2 aromatic rings. The van der Waals surface area contributed by atoms with E-state index in [1.807, 2.05) is 0 Å². The first kappa shape index (κ1) is 14.0. The van der Waals surface area contributed by atoms with Gasteiger partial charge >= 0.3 is 0 Å². The van der Waals surface area contributed by atoms with E-state index in [4.69, 9.17) is 10.5 Å². The molecule has 0 radical (unpaired) electrons. The molecule has 0 saturated heterocycles. The Morgan fingerprint density at radius 2 is 1.76 bits per heavy atom. The Kier molecular flexibility index (Phi) is 3.55. The summed E-state index contributed by atoms with van der Waals surface area (Å²) < 4.78 is 2.38. The quantitative estimate of drug-likeness (QED) is 0.617. The summed E-state index contributed by atoms with van der Waals surface area (Å²) in [4.78, 5) is 24.4. The van der Waals surface area contributed by atoms with Gasteiger partial charge in [-0.15, -0.1) is 0 Å². The number of anilines is 1. The van der Waals surface area contributed by atoms with Crippen LogP contribution in [0.15, 0.2) is 32.9 Å². The van der Waals surface area contributed by atoms with Gasteiger partial charge in [-0.25, -0.2) is 0 Å². The molecule has 0 fully saturated rings. The molecule has 8 heteroatoms. The summed E-state index contributed by atoms with van der Waals surface area (Å²) in [6, 6.07) is 7.84. The van der Waals surface area contributed by atoms with E-state index in [0.717, 1.165) is 0 Å².